The molecular weight excluding hydrogens is 418 g/mol. The minimum Gasteiger partial charge on any atom is -0.208 e. The molecule has 1 rings (SSSR count). The van der Waals surface area contributed by atoms with Gasteiger partial charge in [0.15, 0.2) is 0 Å². The molecule has 120 valence electrons. The summed E-state index contributed by atoms with van der Waals surface area (Å²) in [6.45, 7) is 8.19. The van der Waals surface area contributed by atoms with Crippen molar-refractivity contribution in [1.29, 1.82) is 0 Å². The number of benzene rings is 1. The molecule has 21 heavy (non-hydrogen) atoms. The van der Waals surface area contributed by atoms with Crippen LogP contribution in [0.4, 0.5) is 0 Å². The molecule has 1 aromatic carbocycles. The fraction of sp³-hybridized carbons (Fsp3) is 0.600. The number of nitrogens with one attached hydrogen (secondary N) is 1. The Bertz CT molecular complexity index is 586. The summed E-state index contributed by atoms with van der Waals surface area (Å²) < 4.78 is 29.1. The standard InChI is InChI=1S/C15H23Br2NO2S/c1-10(2)6-5-7-12(4)18-21(19,20)15-9-13(16)11(3)8-14(15)17/h8-10,12,18H,5-7H2,1-4H3. The van der Waals surface area contributed by atoms with Gasteiger partial charge >= 0.3 is 0 Å². The van der Waals surface area contributed by atoms with Crippen molar-refractivity contribution < 1.29 is 8.42 Å². The van der Waals surface area contributed by atoms with Gasteiger partial charge in [0, 0.05) is 15.0 Å². The molecule has 1 atom stereocenters. The van der Waals surface area contributed by atoms with Crippen LogP contribution in [-0.4, -0.2) is 14.5 Å². The van der Waals surface area contributed by atoms with Gasteiger partial charge in [0.2, 0.25) is 10.0 Å². The molecule has 0 saturated carbocycles. The van der Waals surface area contributed by atoms with E-state index < -0.39 is 10.0 Å². The van der Waals surface area contributed by atoms with E-state index in [9.17, 15) is 8.42 Å². The summed E-state index contributed by atoms with van der Waals surface area (Å²) in [6.07, 6.45) is 2.99. The van der Waals surface area contributed by atoms with Crippen molar-refractivity contribution in [1.82, 2.24) is 4.72 Å². The first-order chi connectivity index (χ1) is 9.63. The van der Waals surface area contributed by atoms with E-state index >= 15 is 0 Å². The zero-order valence-electron chi connectivity index (χ0n) is 12.9. The fourth-order valence-corrected chi connectivity index (χ4v) is 5.01. The van der Waals surface area contributed by atoms with Gasteiger partial charge in [0.1, 0.15) is 0 Å². The van der Waals surface area contributed by atoms with Crippen LogP contribution in [-0.2, 0) is 10.0 Å². The van der Waals surface area contributed by atoms with Gasteiger partial charge in [0.05, 0.1) is 4.90 Å². The summed E-state index contributed by atoms with van der Waals surface area (Å²) in [5.74, 6) is 0.649. The number of hydrogen-bond acceptors (Lipinski definition) is 2. The zero-order valence-corrected chi connectivity index (χ0v) is 16.9. The molecule has 0 bridgehead atoms. The third-order valence-electron chi connectivity index (χ3n) is 3.28. The molecule has 0 aliphatic rings. The Labute approximate surface area is 145 Å². The maximum Gasteiger partial charge on any atom is 0.241 e. The van der Waals surface area contributed by atoms with Crippen molar-refractivity contribution in [2.45, 2.75) is 57.9 Å². The zero-order chi connectivity index (χ0) is 16.2. The summed E-state index contributed by atoms with van der Waals surface area (Å²) in [7, 11) is -3.51. The predicted octanol–water partition coefficient (Wildman–Crippen LogP) is 5.01. The van der Waals surface area contributed by atoms with E-state index in [-0.39, 0.29) is 10.9 Å². The second kappa shape index (κ2) is 8.09. The van der Waals surface area contributed by atoms with Gasteiger partial charge in [0.25, 0.3) is 0 Å². The first-order valence-corrected chi connectivity index (χ1v) is 10.2. The summed E-state index contributed by atoms with van der Waals surface area (Å²) in [4.78, 5) is 0.274. The third kappa shape index (κ3) is 6.00. The lowest BCUT2D eigenvalue weighted by Gasteiger charge is -2.16. The van der Waals surface area contributed by atoms with Gasteiger partial charge in [-0.25, -0.2) is 13.1 Å². The topological polar surface area (TPSA) is 46.2 Å². The van der Waals surface area contributed by atoms with Crippen LogP contribution >= 0.6 is 31.9 Å². The Hall–Kier alpha value is 0.0900. The molecule has 0 radical (unpaired) electrons. The van der Waals surface area contributed by atoms with E-state index in [1.54, 1.807) is 6.07 Å². The van der Waals surface area contributed by atoms with Crippen LogP contribution in [0.15, 0.2) is 26.0 Å². The highest BCUT2D eigenvalue weighted by Crippen LogP contribution is 2.29. The van der Waals surface area contributed by atoms with Crippen molar-refractivity contribution in [3.05, 3.63) is 26.6 Å². The Balaban J connectivity index is 2.80. The normalized spacial score (nSPS) is 13.7. The second-order valence-corrected chi connectivity index (χ2v) is 9.27. The average molecular weight is 441 g/mol. The SMILES string of the molecule is Cc1cc(Br)c(S(=O)(=O)NC(C)CCCC(C)C)cc1Br. The summed E-state index contributed by atoms with van der Waals surface area (Å²) in [5, 5.41) is 0. The lowest BCUT2D eigenvalue weighted by Crippen LogP contribution is -2.32. The Morgan fingerprint density at radius 3 is 2.29 bits per heavy atom. The highest BCUT2D eigenvalue weighted by atomic mass is 79.9. The van der Waals surface area contributed by atoms with E-state index in [4.69, 9.17) is 0 Å². The molecule has 0 heterocycles. The van der Waals surface area contributed by atoms with Crippen molar-refractivity contribution in [2.24, 2.45) is 5.92 Å². The highest BCUT2D eigenvalue weighted by molar-refractivity contribution is 9.11. The van der Waals surface area contributed by atoms with Crippen molar-refractivity contribution in [3.8, 4) is 0 Å². The molecule has 1 N–H and O–H groups in total. The molecule has 3 nitrogen and oxygen atoms in total. The molecule has 0 fully saturated rings. The summed E-state index contributed by atoms with van der Waals surface area (Å²) >= 11 is 6.72. The monoisotopic (exact) mass is 439 g/mol. The number of hydrogen-bond donors (Lipinski definition) is 1. The van der Waals surface area contributed by atoms with Crippen molar-refractivity contribution in [2.75, 3.05) is 0 Å². The van der Waals surface area contributed by atoms with Gasteiger partial charge in [-0.2, -0.15) is 0 Å². The molecule has 0 aliphatic heterocycles. The Morgan fingerprint density at radius 2 is 1.71 bits per heavy atom. The lowest BCUT2D eigenvalue weighted by atomic mass is 10.0. The van der Waals surface area contributed by atoms with Crippen molar-refractivity contribution >= 4 is 41.9 Å². The van der Waals surface area contributed by atoms with Gasteiger partial charge in [-0.1, -0.05) is 42.6 Å². The minimum atomic E-state index is -3.51. The molecule has 0 aliphatic carbocycles. The first-order valence-electron chi connectivity index (χ1n) is 7.11. The quantitative estimate of drug-likeness (QED) is 0.647. The number of rotatable bonds is 7. The maximum atomic E-state index is 12.5. The molecule has 1 unspecified atom stereocenters. The summed E-state index contributed by atoms with van der Waals surface area (Å²) in [5.41, 5.74) is 0.991. The van der Waals surface area contributed by atoms with E-state index in [0.717, 1.165) is 29.3 Å². The number of aryl methyl sites for hydroxylation is 1. The van der Waals surface area contributed by atoms with Crippen LogP contribution in [0.3, 0.4) is 0 Å². The number of halogens is 2. The smallest absolute Gasteiger partial charge is 0.208 e. The van der Waals surface area contributed by atoms with Gasteiger partial charge in [-0.05, 0) is 59.8 Å². The highest BCUT2D eigenvalue weighted by Gasteiger charge is 2.21. The van der Waals surface area contributed by atoms with Crippen LogP contribution in [0, 0.1) is 12.8 Å². The van der Waals surface area contributed by atoms with Gasteiger partial charge < -0.3 is 0 Å². The van der Waals surface area contributed by atoms with Crippen LogP contribution < -0.4 is 4.72 Å². The van der Waals surface area contributed by atoms with E-state index in [1.807, 2.05) is 19.9 Å². The average Bonchev–Trinajstić information content (AvgIpc) is 2.32. The molecule has 0 amide bonds. The third-order valence-corrected chi connectivity index (χ3v) is 6.68. The molecule has 0 aromatic heterocycles. The Kier molecular flexibility index (Phi) is 7.37. The largest absolute Gasteiger partial charge is 0.241 e. The van der Waals surface area contributed by atoms with Gasteiger partial charge in [-0.3, -0.25) is 0 Å². The van der Waals surface area contributed by atoms with Crippen LogP contribution in [0.5, 0.6) is 0 Å². The van der Waals surface area contributed by atoms with Crippen LogP contribution in [0.1, 0.15) is 45.6 Å². The van der Waals surface area contributed by atoms with E-state index in [1.165, 1.54) is 0 Å². The number of sulfonamides is 1. The minimum absolute atomic E-state index is 0.0688. The first kappa shape index (κ1) is 19.1. The molecule has 0 saturated heterocycles. The fourth-order valence-electron chi connectivity index (χ4n) is 2.05. The molecule has 1 aromatic rings. The predicted molar refractivity (Wildman–Crippen MR) is 95.1 cm³/mol. The van der Waals surface area contributed by atoms with Crippen LogP contribution in [0.25, 0.3) is 0 Å². The van der Waals surface area contributed by atoms with Crippen LogP contribution in [0.2, 0.25) is 0 Å². The molecular formula is C15H23Br2NO2S. The van der Waals surface area contributed by atoms with E-state index in [2.05, 4.69) is 50.4 Å². The molecule has 0 spiro atoms. The second-order valence-electron chi connectivity index (χ2n) is 5.88. The lowest BCUT2D eigenvalue weighted by molar-refractivity contribution is 0.488. The van der Waals surface area contributed by atoms with E-state index in [0.29, 0.717) is 10.4 Å². The Morgan fingerprint density at radius 1 is 1.10 bits per heavy atom. The van der Waals surface area contributed by atoms with Crippen molar-refractivity contribution in [3.63, 3.8) is 0 Å². The van der Waals surface area contributed by atoms with Gasteiger partial charge in [-0.15, -0.1) is 0 Å². The summed E-state index contributed by atoms with van der Waals surface area (Å²) in [6, 6.07) is 3.38. The maximum absolute atomic E-state index is 12.5. The molecule has 6 heteroatoms.